The molecule has 0 spiro atoms. The minimum Gasteiger partial charge on any atom is -0.462 e. The highest BCUT2D eigenvalue weighted by Gasteiger charge is 2.16. The zero-order valence-electron chi connectivity index (χ0n) is 13.8. The van der Waals surface area contributed by atoms with Gasteiger partial charge >= 0.3 is 0 Å². The van der Waals surface area contributed by atoms with E-state index in [1.54, 1.807) is 6.92 Å². The first kappa shape index (κ1) is 20.0. The third-order valence-corrected chi connectivity index (χ3v) is 4.37. The van der Waals surface area contributed by atoms with E-state index in [0.29, 0.717) is 15.4 Å². The molecule has 0 saturated heterocycles. The van der Waals surface area contributed by atoms with Crippen LogP contribution in [-0.4, -0.2) is 27.4 Å². The normalized spacial score (nSPS) is 10.5. The minimum absolute atomic E-state index is 0.130. The number of ether oxygens (including phenoxy) is 4. The summed E-state index contributed by atoms with van der Waals surface area (Å²) in [5, 5.41) is 0. The molecule has 0 radical (unpaired) electrons. The maximum absolute atomic E-state index is 12.6. The second-order valence-corrected chi connectivity index (χ2v) is 5.83. The highest BCUT2D eigenvalue weighted by molar-refractivity contribution is 7.99. The molecular weight excluding hydrogens is 376 g/mol. The van der Waals surface area contributed by atoms with Crippen LogP contribution in [0.4, 0.5) is 17.6 Å². The van der Waals surface area contributed by atoms with Crippen LogP contribution in [0.15, 0.2) is 40.1 Å². The van der Waals surface area contributed by atoms with Crippen molar-refractivity contribution in [2.75, 3.05) is 27.4 Å². The molecule has 0 heterocycles. The number of benzene rings is 2. The molecule has 0 aromatic heterocycles. The lowest BCUT2D eigenvalue weighted by atomic mass is 10.2. The molecule has 2 aromatic carbocycles. The zero-order chi connectivity index (χ0) is 18.9. The average Bonchev–Trinajstić information content (AvgIpc) is 2.62. The van der Waals surface area contributed by atoms with Gasteiger partial charge in [0.2, 0.25) is 27.4 Å². The van der Waals surface area contributed by atoms with Crippen molar-refractivity contribution in [2.45, 2.75) is 16.7 Å². The van der Waals surface area contributed by atoms with Crippen LogP contribution in [0.3, 0.4) is 0 Å². The van der Waals surface area contributed by atoms with E-state index in [2.05, 4.69) is 0 Å². The number of halogens is 4. The highest BCUT2D eigenvalue weighted by atomic mass is 32.2. The summed E-state index contributed by atoms with van der Waals surface area (Å²) >= 11 is 1.02. The van der Waals surface area contributed by atoms with Crippen molar-refractivity contribution >= 4 is 11.8 Å². The van der Waals surface area contributed by atoms with Crippen LogP contribution in [0.5, 0.6) is 23.0 Å². The Labute approximate surface area is 152 Å². The van der Waals surface area contributed by atoms with E-state index in [4.69, 9.17) is 18.9 Å². The van der Waals surface area contributed by atoms with Crippen LogP contribution >= 0.6 is 11.8 Å². The van der Waals surface area contributed by atoms with Gasteiger partial charge in [0.25, 0.3) is 0 Å². The summed E-state index contributed by atoms with van der Waals surface area (Å²) in [5.41, 5.74) is 0.415. The van der Waals surface area contributed by atoms with E-state index in [1.807, 2.05) is 0 Å². The Morgan fingerprint density at radius 3 is 1.58 bits per heavy atom. The van der Waals surface area contributed by atoms with Crippen molar-refractivity contribution in [3.05, 3.63) is 35.9 Å². The van der Waals surface area contributed by atoms with E-state index in [0.717, 1.165) is 11.8 Å². The van der Waals surface area contributed by atoms with Crippen LogP contribution < -0.4 is 18.9 Å². The maximum atomic E-state index is 12.6. The molecule has 142 valence electrons. The summed E-state index contributed by atoms with van der Waals surface area (Å²) < 4.78 is 70.0. The Morgan fingerprint density at radius 2 is 1.15 bits per heavy atom. The molecular formula is C17H16F4O4S. The Morgan fingerprint density at radius 1 is 0.731 bits per heavy atom. The molecule has 4 nitrogen and oxygen atoms in total. The third-order valence-electron chi connectivity index (χ3n) is 3.29. The minimum atomic E-state index is -1.09. The third kappa shape index (κ3) is 4.87. The van der Waals surface area contributed by atoms with Crippen molar-refractivity contribution in [1.29, 1.82) is 0 Å². The Bertz CT molecular complexity index is 679. The van der Waals surface area contributed by atoms with Gasteiger partial charge in [0.1, 0.15) is 23.0 Å². The molecule has 0 aliphatic heterocycles. The van der Waals surface area contributed by atoms with Gasteiger partial charge < -0.3 is 18.9 Å². The zero-order valence-corrected chi connectivity index (χ0v) is 14.6. The van der Waals surface area contributed by atoms with Crippen molar-refractivity contribution < 1.29 is 36.5 Å². The summed E-state index contributed by atoms with van der Waals surface area (Å²) in [6.07, 6.45) is 0. The molecule has 0 saturated carbocycles. The van der Waals surface area contributed by atoms with Crippen molar-refractivity contribution in [1.82, 2.24) is 0 Å². The molecule has 0 fully saturated rings. The first-order valence-corrected chi connectivity index (χ1v) is 8.16. The topological polar surface area (TPSA) is 36.9 Å². The van der Waals surface area contributed by atoms with Gasteiger partial charge in [0, 0.05) is 10.5 Å². The standard InChI is InChI=1S/C17H16F4O4S/c1-11-15(24-9-20)5-12(6-16(11)25-10-21)26-17-13(22-7-18)3-2-4-14(17)23-8-19/h2-6H,7-10H2,1H3. The summed E-state index contributed by atoms with van der Waals surface area (Å²) in [4.78, 5) is 0.741. The molecule has 0 aliphatic rings. The molecule has 0 atom stereocenters. The first-order chi connectivity index (χ1) is 12.6. The van der Waals surface area contributed by atoms with Crippen molar-refractivity contribution in [2.24, 2.45) is 0 Å². The summed E-state index contributed by atoms with van der Waals surface area (Å²) in [7, 11) is 0. The second kappa shape index (κ2) is 10.0. The van der Waals surface area contributed by atoms with Crippen molar-refractivity contribution in [3.63, 3.8) is 0 Å². The molecule has 2 rings (SSSR count). The second-order valence-electron chi connectivity index (χ2n) is 4.74. The molecule has 0 bridgehead atoms. The smallest absolute Gasteiger partial charge is 0.228 e. The Kier molecular flexibility index (Phi) is 7.71. The highest BCUT2D eigenvalue weighted by Crippen LogP contribution is 2.44. The predicted octanol–water partition coefficient (Wildman–Crippen LogP) is 5.37. The van der Waals surface area contributed by atoms with Gasteiger partial charge in [0.15, 0.2) is 0 Å². The van der Waals surface area contributed by atoms with Crippen LogP contribution in [0.1, 0.15) is 5.56 Å². The largest absolute Gasteiger partial charge is 0.462 e. The monoisotopic (exact) mass is 392 g/mol. The molecule has 0 aliphatic carbocycles. The van der Waals surface area contributed by atoms with E-state index in [9.17, 15) is 17.6 Å². The summed E-state index contributed by atoms with van der Waals surface area (Å²) in [5.74, 6) is 0.561. The lowest BCUT2D eigenvalue weighted by Gasteiger charge is -2.16. The average molecular weight is 392 g/mol. The maximum Gasteiger partial charge on any atom is 0.228 e. The lowest BCUT2D eigenvalue weighted by molar-refractivity contribution is 0.173. The van der Waals surface area contributed by atoms with Gasteiger partial charge in [-0.3, -0.25) is 0 Å². The fourth-order valence-corrected chi connectivity index (χ4v) is 3.20. The first-order valence-electron chi connectivity index (χ1n) is 7.35. The summed E-state index contributed by atoms with van der Waals surface area (Å²) in [6, 6.07) is 7.48. The Hall–Kier alpha value is -2.29. The van der Waals surface area contributed by atoms with Gasteiger partial charge in [-0.25, -0.2) is 17.6 Å². The molecule has 0 amide bonds. The Balaban J connectivity index is 2.46. The fraction of sp³-hybridized carbons (Fsp3) is 0.294. The van der Waals surface area contributed by atoms with E-state index < -0.39 is 27.4 Å². The van der Waals surface area contributed by atoms with Gasteiger partial charge in [-0.1, -0.05) is 17.8 Å². The quantitative estimate of drug-likeness (QED) is 0.508. The van der Waals surface area contributed by atoms with E-state index in [-0.39, 0.29) is 23.0 Å². The summed E-state index contributed by atoms with van der Waals surface area (Å²) in [6.45, 7) is -2.76. The number of alkyl halides is 4. The van der Waals surface area contributed by atoms with Crippen LogP contribution in [-0.2, 0) is 0 Å². The number of hydrogen-bond donors (Lipinski definition) is 0. The van der Waals surface area contributed by atoms with Crippen LogP contribution in [0.2, 0.25) is 0 Å². The molecule has 0 unspecified atom stereocenters. The van der Waals surface area contributed by atoms with Gasteiger partial charge in [-0.05, 0) is 31.2 Å². The lowest BCUT2D eigenvalue weighted by Crippen LogP contribution is -1.99. The number of rotatable bonds is 10. The fourth-order valence-electron chi connectivity index (χ4n) is 2.17. The molecule has 2 aromatic rings. The van der Waals surface area contributed by atoms with Crippen LogP contribution in [0, 0.1) is 6.92 Å². The van der Waals surface area contributed by atoms with Crippen molar-refractivity contribution in [3.8, 4) is 23.0 Å². The van der Waals surface area contributed by atoms with Gasteiger partial charge in [0.05, 0.1) is 4.90 Å². The van der Waals surface area contributed by atoms with E-state index in [1.165, 1.54) is 30.3 Å². The molecule has 26 heavy (non-hydrogen) atoms. The SMILES string of the molecule is Cc1c(OCF)cc(Sc2c(OCF)cccc2OCF)cc1OCF. The predicted molar refractivity (Wildman–Crippen MR) is 88.2 cm³/mol. The number of hydrogen-bond acceptors (Lipinski definition) is 5. The van der Waals surface area contributed by atoms with Crippen LogP contribution in [0.25, 0.3) is 0 Å². The van der Waals surface area contributed by atoms with E-state index >= 15 is 0 Å². The molecule has 9 heteroatoms. The molecule has 0 N–H and O–H groups in total. The van der Waals surface area contributed by atoms with Gasteiger partial charge in [-0.15, -0.1) is 0 Å². The van der Waals surface area contributed by atoms with Gasteiger partial charge in [-0.2, -0.15) is 0 Å².